The number of benzene rings is 1. The zero-order valence-electron chi connectivity index (χ0n) is 12.5. The van der Waals surface area contributed by atoms with Crippen LogP contribution in [0.1, 0.15) is 16.2 Å². The average Bonchev–Trinajstić information content (AvgIpc) is 3.26. The molecule has 0 aliphatic rings. The maximum absolute atomic E-state index is 12.7. The molecule has 0 atom stereocenters. The Morgan fingerprint density at radius 3 is 2.52 bits per heavy atom. The van der Waals surface area contributed by atoms with Crippen LogP contribution in [0.25, 0.3) is 0 Å². The van der Waals surface area contributed by atoms with Crippen molar-refractivity contribution in [3.05, 3.63) is 59.5 Å². The lowest BCUT2D eigenvalue weighted by atomic mass is 10.1. The minimum Gasteiger partial charge on any atom is -0.471 e. The molecule has 25 heavy (non-hydrogen) atoms. The third-order valence-corrected chi connectivity index (χ3v) is 5.42. The number of rotatable bonds is 6. The highest BCUT2D eigenvalue weighted by Crippen LogP contribution is 2.26. The highest BCUT2D eigenvalue weighted by molar-refractivity contribution is 7.91. The van der Waals surface area contributed by atoms with E-state index in [1.165, 1.54) is 24.3 Å². The molecular formula is C15H10ClN3O5S. The molecule has 128 valence electrons. The summed E-state index contributed by atoms with van der Waals surface area (Å²) in [7, 11) is -3.92. The molecular weight excluding hydrogens is 370 g/mol. The van der Waals surface area contributed by atoms with Crippen molar-refractivity contribution < 1.29 is 22.4 Å². The molecule has 1 N–H and O–H groups in total. The molecule has 0 aliphatic carbocycles. The molecule has 0 bridgehead atoms. The summed E-state index contributed by atoms with van der Waals surface area (Å²) in [6.45, 7) is 0. The van der Waals surface area contributed by atoms with Gasteiger partial charge in [0.15, 0.2) is 0 Å². The smallest absolute Gasteiger partial charge is 0.267 e. The molecule has 0 spiro atoms. The molecule has 3 aromatic rings. The number of carbonyl (C=O) groups is 2. The van der Waals surface area contributed by atoms with E-state index < -0.39 is 27.8 Å². The number of nitrogens with one attached hydrogen (secondary N) is 1. The number of carbonyl (C=O) groups excluding carboxylic acids is 2. The molecule has 2 aromatic heterocycles. The summed E-state index contributed by atoms with van der Waals surface area (Å²) in [5.74, 6) is -2.05. The van der Waals surface area contributed by atoms with E-state index in [-0.39, 0.29) is 21.2 Å². The first kappa shape index (κ1) is 17.1. The minimum atomic E-state index is -3.92. The number of aromatic amines is 1. The topological polar surface area (TPSA) is 123 Å². The van der Waals surface area contributed by atoms with E-state index in [1.54, 1.807) is 0 Å². The van der Waals surface area contributed by atoms with E-state index in [4.69, 9.17) is 16.0 Å². The Bertz CT molecular complexity index is 1020. The van der Waals surface area contributed by atoms with Crippen molar-refractivity contribution in [3.63, 3.8) is 0 Å². The molecule has 0 amide bonds. The fourth-order valence-corrected chi connectivity index (χ4v) is 3.64. The molecule has 1 aromatic carbocycles. The molecule has 0 aliphatic heterocycles. The van der Waals surface area contributed by atoms with Crippen LogP contribution >= 0.6 is 11.6 Å². The number of furan rings is 1. The fraction of sp³-hybridized carbons (Fsp3) is 0.0667. The zero-order chi connectivity index (χ0) is 18.0. The van der Waals surface area contributed by atoms with Crippen LogP contribution in [-0.4, -0.2) is 35.2 Å². The summed E-state index contributed by atoms with van der Waals surface area (Å²) in [5.41, 5.74) is 0.0730. The Balaban J connectivity index is 1.89. The summed E-state index contributed by atoms with van der Waals surface area (Å²) < 4.78 is 30.3. The summed E-state index contributed by atoms with van der Waals surface area (Å²) >= 11 is 5.76. The molecule has 0 saturated carbocycles. The van der Waals surface area contributed by atoms with Crippen LogP contribution in [0.3, 0.4) is 0 Å². The number of Topliss-reactive ketones (excluding diaryl/α,β-unsaturated/α-hetero) is 2. The van der Waals surface area contributed by atoms with Gasteiger partial charge in [0.2, 0.25) is 21.4 Å². The minimum absolute atomic E-state index is 0.00714. The van der Waals surface area contributed by atoms with Crippen LogP contribution in [0, 0.1) is 0 Å². The van der Waals surface area contributed by atoms with E-state index in [9.17, 15) is 18.0 Å². The van der Waals surface area contributed by atoms with E-state index >= 15 is 0 Å². The number of nitrogens with zero attached hydrogens (tertiary/aromatic N) is 2. The van der Waals surface area contributed by atoms with Crippen molar-refractivity contribution in [2.45, 2.75) is 16.2 Å². The molecule has 10 heteroatoms. The quantitative estimate of drug-likeness (QED) is 0.512. The highest BCUT2D eigenvalue weighted by atomic mass is 35.5. The average molecular weight is 380 g/mol. The van der Waals surface area contributed by atoms with Crippen LogP contribution < -0.4 is 0 Å². The third kappa shape index (κ3) is 3.37. The predicted octanol–water partition coefficient (Wildman–Crippen LogP) is 1.88. The van der Waals surface area contributed by atoms with E-state index in [1.807, 2.05) is 0 Å². The second kappa shape index (κ2) is 6.61. The standard InChI is InChI=1S/C15H10ClN3O5S/c16-10-1-3-11(4-2-10)25(22,23)13-7-24-6-9(13)5-12(20)14(21)15-17-8-18-19-15/h1-4,6-8H,5H2,(H,17,18,19). The van der Waals surface area contributed by atoms with E-state index in [2.05, 4.69) is 15.2 Å². The Hall–Kier alpha value is -2.78. The molecule has 8 nitrogen and oxygen atoms in total. The fourth-order valence-electron chi connectivity index (χ4n) is 2.11. The predicted molar refractivity (Wildman–Crippen MR) is 85.0 cm³/mol. The number of aromatic nitrogens is 3. The Morgan fingerprint density at radius 2 is 1.88 bits per heavy atom. The third-order valence-electron chi connectivity index (χ3n) is 3.34. The van der Waals surface area contributed by atoms with Crippen molar-refractivity contribution in [2.24, 2.45) is 0 Å². The van der Waals surface area contributed by atoms with Crippen LogP contribution in [-0.2, 0) is 21.1 Å². The Morgan fingerprint density at radius 1 is 1.16 bits per heavy atom. The van der Waals surface area contributed by atoms with Crippen LogP contribution in [0.4, 0.5) is 0 Å². The van der Waals surface area contributed by atoms with Crippen molar-refractivity contribution in [1.29, 1.82) is 0 Å². The van der Waals surface area contributed by atoms with Crippen LogP contribution in [0.5, 0.6) is 0 Å². The SMILES string of the molecule is O=C(Cc1cocc1S(=O)(=O)c1ccc(Cl)cc1)C(=O)c1nc[nH]n1. The summed E-state index contributed by atoms with van der Waals surface area (Å²) in [5, 5.41) is 6.25. The number of sulfone groups is 1. The highest BCUT2D eigenvalue weighted by Gasteiger charge is 2.27. The van der Waals surface area contributed by atoms with Crippen molar-refractivity contribution in [1.82, 2.24) is 15.2 Å². The molecule has 3 rings (SSSR count). The molecule has 0 fully saturated rings. The van der Waals surface area contributed by atoms with Gasteiger partial charge in [-0.2, -0.15) is 0 Å². The van der Waals surface area contributed by atoms with Gasteiger partial charge in [-0.05, 0) is 24.3 Å². The van der Waals surface area contributed by atoms with Gasteiger partial charge in [0.05, 0.1) is 11.2 Å². The van der Waals surface area contributed by atoms with Crippen molar-refractivity contribution >= 4 is 33.0 Å². The van der Waals surface area contributed by atoms with Gasteiger partial charge in [-0.3, -0.25) is 14.7 Å². The largest absolute Gasteiger partial charge is 0.471 e. The molecule has 0 unspecified atom stereocenters. The summed E-state index contributed by atoms with van der Waals surface area (Å²) in [4.78, 5) is 27.4. The number of hydrogen-bond acceptors (Lipinski definition) is 7. The monoisotopic (exact) mass is 379 g/mol. The maximum Gasteiger partial charge on any atom is 0.267 e. The van der Waals surface area contributed by atoms with E-state index in [0.717, 1.165) is 18.9 Å². The Kier molecular flexibility index (Phi) is 4.51. The first-order valence-electron chi connectivity index (χ1n) is 6.88. The normalized spacial score (nSPS) is 11.4. The number of hydrogen-bond donors (Lipinski definition) is 1. The lowest BCUT2D eigenvalue weighted by Gasteiger charge is -2.04. The van der Waals surface area contributed by atoms with Gasteiger partial charge in [-0.25, -0.2) is 13.4 Å². The van der Waals surface area contributed by atoms with Crippen molar-refractivity contribution in [3.8, 4) is 0 Å². The number of H-pyrrole nitrogens is 1. The lowest BCUT2D eigenvalue weighted by molar-refractivity contribution is -0.114. The summed E-state index contributed by atoms with van der Waals surface area (Å²) in [6.07, 6.45) is 2.84. The summed E-state index contributed by atoms with van der Waals surface area (Å²) in [6, 6.07) is 5.56. The lowest BCUT2D eigenvalue weighted by Crippen LogP contribution is -2.19. The Labute approximate surface area is 146 Å². The van der Waals surface area contributed by atoms with Gasteiger partial charge in [-0.1, -0.05) is 11.6 Å². The van der Waals surface area contributed by atoms with Gasteiger partial charge >= 0.3 is 0 Å². The molecule has 2 heterocycles. The molecule has 0 saturated heterocycles. The van der Waals surface area contributed by atoms with E-state index in [0.29, 0.717) is 5.02 Å². The zero-order valence-corrected chi connectivity index (χ0v) is 14.0. The second-order valence-corrected chi connectivity index (χ2v) is 7.32. The number of halogens is 1. The van der Waals surface area contributed by atoms with Crippen LogP contribution in [0.2, 0.25) is 5.02 Å². The number of ketones is 2. The second-order valence-electron chi connectivity index (χ2n) is 4.97. The van der Waals surface area contributed by atoms with Gasteiger partial charge < -0.3 is 4.42 Å². The van der Waals surface area contributed by atoms with Crippen LogP contribution in [0.15, 0.2) is 57.3 Å². The van der Waals surface area contributed by atoms with Gasteiger partial charge in [0, 0.05) is 17.0 Å². The molecule has 0 radical (unpaired) electrons. The van der Waals surface area contributed by atoms with Crippen molar-refractivity contribution in [2.75, 3.05) is 0 Å². The maximum atomic E-state index is 12.7. The van der Waals surface area contributed by atoms with Gasteiger partial charge in [-0.15, -0.1) is 5.10 Å². The van der Waals surface area contributed by atoms with Gasteiger partial charge in [0.1, 0.15) is 17.5 Å². The first-order chi connectivity index (χ1) is 11.9. The first-order valence-corrected chi connectivity index (χ1v) is 8.74. The van der Waals surface area contributed by atoms with Gasteiger partial charge in [0.25, 0.3) is 5.78 Å².